The number of carboxylic acids is 1. The number of halogens is 2. The summed E-state index contributed by atoms with van der Waals surface area (Å²) >= 11 is 11.7. The Hall–Kier alpha value is -1.18. The molecule has 1 heterocycles. The van der Waals surface area contributed by atoms with Crippen molar-refractivity contribution >= 4 is 29.2 Å². The summed E-state index contributed by atoms with van der Waals surface area (Å²) in [5, 5.41) is 11.9. The first-order chi connectivity index (χ1) is 9.54. The summed E-state index contributed by atoms with van der Waals surface area (Å²) in [6.07, 6.45) is 2.17. The second kappa shape index (κ2) is 8.31. The number of carbonyl (C=O) groups is 1. The largest absolute Gasteiger partial charge is 1.00 e. The number of hydrogen-bond acceptors (Lipinski definition) is 4. The van der Waals surface area contributed by atoms with E-state index < -0.39 is 12.1 Å². The molecule has 1 aromatic heterocycles. The number of aliphatic carboxylic acids is 1. The molecule has 21 heavy (non-hydrogen) atoms. The van der Waals surface area contributed by atoms with Crippen LogP contribution < -0.4 is 28.7 Å². The summed E-state index contributed by atoms with van der Waals surface area (Å²) in [7, 11) is 0. The summed E-state index contributed by atoms with van der Waals surface area (Å²) < 4.78 is 5.38. The number of nitrogens with zero attached hydrogens (tertiary/aromatic N) is 1. The van der Waals surface area contributed by atoms with Crippen molar-refractivity contribution in [1.29, 1.82) is 0 Å². The molecule has 1 atom stereocenters. The first kappa shape index (κ1) is 17.9. The van der Waals surface area contributed by atoms with E-state index in [-0.39, 0.29) is 31.0 Å². The zero-order chi connectivity index (χ0) is 14.5. The molecule has 0 radical (unpaired) electrons. The van der Waals surface area contributed by atoms with Crippen molar-refractivity contribution in [1.82, 2.24) is 4.98 Å². The van der Waals surface area contributed by atoms with Crippen LogP contribution in [0, 0.1) is 0 Å². The summed E-state index contributed by atoms with van der Waals surface area (Å²) in [6.45, 7) is 0. The minimum absolute atomic E-state index is 0. The first-order valence-electron chi connectivity index (χ1n) is 5.77. The molecule has 7 heteroatoms. The molecule has 1 unspecified atom stereocenters. The van der Waals surface area contributed by atoms with E-state index in [1.807, 2.05) is 0 Å². The Balaban J connectivity index is 0.00000220. The molecule has 0 aliphatic heterocycles. The van der Waals surface area contributed by atoms with Crippen LogP contribution in [0.5, 0.6) is 5.75 Å². The normalized spacial score (nSPS) is 11.3. The van der Waals surface area contributed by atoms with Crippen molar-refractivity contribution < 1.29 is 33.5 Å². The van der Waals surface area contributed by atoms with Crippen molar-refractivity contribution in [2.75, 3.05) is 0 Å². The molecule has 0 fully saturated rings. The van der Waals surface area contributed by atoms with E-state index in [4.69, 9.17) is 27.9 Å². The SMILES string of the molecule is O=C([O-])C(Cc1cccnc1)Oc1cc(Cl)cc(Cl)c1.[Li+]. The van der Waals surface area contributed by atoms with E-state index in [9.17, 15) is 9.90 Å². The number of carbonyl (C=O) groups excluding carboxylic acids is 1. The van der Waals surface area contributed by atoms with Crippen LogP contribution in [0.3, 0.4) is 0 Å². The van der Waals surface area contributed by atoms with Gasteiger partial charge in [-0.1, -0.05) is 29.3 Å². The maximum Gasteiger partial charge on any atom is 1.00 e. The quantitative estimate of drug-likeness (QED) is 0.673. The van der Waals surface area contributed by atoms with Gasteiger partial charge in [-0.2, -0.15) is 0 Å². The fourth-order valence-electron chi connectivity index (χ4n) is 1.67. The van der Waals surface area contributed by atoms with Crippen molar-refractivity contribution in [2.45, 2.75) is 12.5 Å². The number of carboxylic acid groups (broad SMARTS) is 1. The third-order valence-corrected chi connectivity index (χ3v) is 2.96. The van der Waals surface area contributed by atoms with Gasteiger partial charge in [0.05, 0.1) is 5.97 Å². The van der Waals surface area contributed by atoms with Crippen LogP contribution in [0.25, 0.3) is 0 Å². The number of aromatic nitrogens is 1. The number of hydrogen-bond donors (Lipinski definition) is 0. The monoisotopic (exact) mass is 317 g/mol. The average molecular weight is 318 g/mol. The molecule has 0 aliphatic rings. The minimum atomic E-state index is -1.31. The van der Waals surface area contributed by atoms with Crippen molar-refractivity contribution in [3.05, 3.63) is 58.3 Å². The molecular formula is C14H10Cl2LiNO3. The molecule has 0 amide bonds. The second-order valence-electron chi connectivity index (χ2n) is 4.10. The van der Waals surface area contributed by atoms with E-state index in [1.54, 1.807) is 24.5 Å². The fourth-order valence-corrected chi connectivity index (χ4v) is 2.17. The third kappa shape index (κ3) is 5.60. The average Bonchev–Trinajstić information content (AvgIpc) is 2.38. The van der Waals surface area contributed by atoms with Crippen LogP contribution in [0.4, 0.5) is 0 Å². The van der Waals surface area contributed by atoms with Gasteiger partial charge in [-0.25, -0.2) is 0 Å². The Labute approximate surface area is 144 Å². The second-order valence-corrected chi connectivity index (χ2v) is 4.97. The molecule has 1 aromatic carbocycles. The zero-order valence-corrected chi connectivity index (χ0v) is 12.8. The van der Waals surface area contributed by atoms with Gasteiger partial charge < -0.3 is 14.6 Å². The Morgan fingerprint density at radius 1 is 1.29 bits per heavy atom. The topological polar surface area (TPSA) is 62.2 Å². The predicted octanol–water partition coefficient (Wildman–Crippen LogP) is -0.868. The number of benzene rings is 1. The predicted molar refractivity (Wildman–Crippen MR) is 73.8 cm³/mol. The Bertz CT molecular complexity index is 590. The molecule has 0 saturated carbocycles. The maximum absolute atomic E-state index is 11.2. The van der Waals surface area contributed by atoms with E-state index in [0.29, 0.717) is 10.0 Å². The van der Waals surface area contributed by atoms with Gasteiger partial charge in [-0.3, -0.25) is 4.98 Å². The van der Waals surface area contributed by atoms with Gasteiger partial charge in [-0.15, -0.1) is 0 Å². The molecule has 2 rings (SSSR count). The van der Waals surface area contributed by atoms with Gasteiger partial charge >= 0.3 is 18.9 Å². The molecule has 104 valence electrons. The van der Waals surface area contributed by atoms with Crippen LogP contribution in [-0.4, -0.2) is 17.1 Å². The molecule has 0 spiro atoms. The molecule has 0 N–H and O–H groups in total. The van der Waals surface area contributed by atoms with E-state index >= 15 is 0 Å². The molecule has 4 nitrogen and oxygen atoms in total. The Kier molecular flexibility index (Phi) is 7.07. The standard InChI is InChI=1S/C14H11Cl2NO3.Li/c15-10-5-11(16)7-12(6-10)20-13(14(18)19)4-9-2-1-3-17-8-9;/h1-3,5-8,13H,4H2,(H,18,19);/q;+1/p-1. The fraction of sp³-hybridized carbons (Fsp3) is 0.143. The Morgan fingerprint density at radius 3 is 2.48 bits per heavy atom. The van der Waals surface area contributed by atoms with E-state index in [2.05, 4.69) is 4.98 Å². The van der Waals surface area contributed by atoms with Gasteiger partial charge in [0, 0.05) is 28.9 Å². The van der Waals surface area contributed by atoms with Crippen LogP contribution in [0.1, 0.15) is 5.56 Å². The van der Waals surface area contributed by atoms with Crippen LogP contribution in [0.15, 0.2) is 42.7 Å². The third-order valence-electron chi connectivity index (χ3n) is 2.52. The van der Waals surface area contributed by atoms with Gasteiger partial charge in [0.2, 0.25) is 0 Å². The summed E-state index contributed by atoms with van der Waals surface area (Å²) in [5.74, 6) is -1.04. The van der Waals surface area contributed by atoms with Crippen molar-refractivity contribution in [2.24, 2.45) is 0 Å². The Morgan fingerprint density at radius 2 is 1.95 bits per heavy atom. The van der Waals surface area contributed by atoms with Crippen molar-refractivity contribution in [3.8, 4) is 5.75 Å². The van der Waals surface area contributed by atoms with E-state index in [1.165, 1.54) is 18.2 Å². The molecule has 2 aromatic rings. The zero-order valence-electron chi connectivity index (χ0n) is 11.3. The summed E-state index contributed by atoms with van der Waals surface area (Å²) in [4.78, 5) is 15.1. The van der Waals surface area contributed by atoms with Gasteiger partial charge in [0.15, 0.2) is 0 Å². The van der Waals surface area contributed by atoms with Gasteiger partial charge in [-0.05, 0) is 29.8 Å². The van der Waals surface area contributed by atoms with Crippen LogP contribution in [0.2, 0.25) is 10.0 Å². The van der Waals surface area contributed by atoms with Crippen LogP contribution in [-0.2, 0) is 11.2 Å². The summed E-state index contributed by atoms with van der Waals surface area (Å²) in [5.41, 5.74) is 0.731. The number of ether oxygens (including phenoxy) is 1. The maximum atomic E-state index is 11.2. The number of pyridine rings is 1. The molecule has 0 saturated heterocycles. The van der Waals surface area contributed by atoms with Crippen molar-refractivity contribution in [3.63, 3.8) is 0 Å². The minimum Gasteiger partial charge on any atom is -0.546 e. The smallest absolute Gasteiger partial charge is 0.546 e. The first-order valence-corrected chi connectivity index (χ1v) is 6.52. The van der Waals surface area contributed by atoms with E-state index in [0.717, 1.165) is 5.56 Å². The van der Waals surface area contributed by atoms with Crippen LogP contribution >= 0.6 is 23.2 Å². The summed E-state index contributed by atoms with van der Waals surface area (Å²) in [6, 6.07) is 8.00. The van der Waals surface area contributed by atoms with Gasteiger partial charge in [0.1, 0.15) is 11.9 Å². The number of rotatable bonds is 5. The molecular weight excluding hydrogens is 308 g/mol. The molecule has 0 bridgehead atoms. The molecule has 0 aliphatic carbocycles. The van der Waals surface area contributed by atoms with Gasteiger partial charge in [0.25, 0.3) is 0 Å².